The van der Waals surface area contributed by atoms with E-state index in [1.54, 1.807) is 12.1 Å². The van der Waals surface area contributed by atoms with Crippen LogP contribution in [-0.2, 0) is 16.0 Å². The van der Waals surface area contributed by atoms with Crippen LogP contribution in [0.5, 0.6) is 0 Å². The minimum atomic E-state index is -0.180. The fourth-order valence-electron chi connectivity index (χ4n) is 4.24. The summed E-state index contributed by atoms with van der Waals surface area (Å²) in [6.45, 7) is 4.93. The van der Waals surface area contributed by atoms with E-state index in [2.05, 4.69) is 10.6 Å². The molecule has 34 heavy (non-hydrogen) atoms. The summed E-state index contributed by atoms with van der Waals surface area (Å²) in [6, 6.07) is 17.2. The normalized spacial score (nSPS) is 13.4. The second-order valence-electron chi connectivity index (χ2n) is 8.58. The summed E-state index contributed by atoms with van der Waals surface area (Å²) in [4.78, 5) is 40.6. The number of benzene rings is 2. The third-order valence-electron chi connectivity index (χ3n) is 5.93. The van der Waals surface area contributed by atoms with Crippen molar-refractivity contribution in [2.45, 2.75) is 39.5 Å². The number of amides is 3. The van der Waals surface area contributed by atoms with Crippen LogP contribution in [0.2, 0.25) is 0 Å². The summed E-state index contributed by atoms with van der Waals surface area (Å²) >= 11 is 1.45. The van der Waals surface area contributed by atoms with Crippen molar-refractivity contribution in [3.63, 3.8) is 0 Å². The molecule has 1 saturated heterocycles. The predicted octanol–water partition coefficient (Wildman–Crippen LogP) is 5.49. The van der Waals surface area contributed by atoms with Crippen LogP contribution in [0.15, 0.2) is 54.6 Å². The summed E-state index contributed by atoms with van der Waals surface area (Å²) in [5, 5.41) is 6.34. The van der Waals surface area contributed by atoms with E-state index in [9.17, 15) is 14.4 Å². The molecule has 1 aromatic heterocycles. The monoisotopic (exact) mass is 475 g/mol. The van der Waals surface area contributed by atoms with Gasteiger partial charge in [-0.2, -0.15) is 0 Å². The van der Waals surface area contributed by atoms with Crippen LogP contribution in [0.25, 0.3) is 10.4 Å². The van der Waals surface area contributed by atoms with Crippen molar-refractivity contribution in [2.24, 2.45) is 0 Å². The molecule has 1 aliphatic heterocycles. The Hall–Kier alpha value is -3.45. The molecule has 7 heteroatoms. The molecule has 3 aromatic rings. The van der Waals surface area contributed by atoms with Gasteiger partial charge in [-0.15, -0.1) is 11.3 Å². The van der Waals surface area contributed by atoms with Crippen molar-refractivity contribution in [3.05, 3.63) is 71.3 Å². The van der Waals surface area contributed by atoms with Crippen LogP contribution in [0.4, 0.5) is 10.7 Å². The van der Waals surface area contributed by atoms with Crippen LogP contribution in [-0.4, -0.2) is 35.7 Å². The average Bonchev–Trinajstić information content (AvgIpc) is 3.16. The largest absolute Gasteiger partial charge is 0.339 e. The molecule has 3 amide bonds. The fraction of sp³-hybridized carbons (Fsp3) is 0.296. The van der Waals surface area contributed by atoms with Gasteiger partial charge in [0.1, 0.15) is 5.00 Å². The molecule has 1 fully saturated rings. The molecule has 0 radical (unpaired) electrons. The van der Waals surface area contributed by atoms with Crippen LogP contribution in [0.3, 0.4) is 0 Å². The van der Waals surface area contributed by atoms with E-state index in [4.69, 9.17) is 0 Å². The number of likely N-dealkylation sites (tertiary alicyclic amines) is 1. The van der Waals surface area contributed by atoms with Gasteiger partial charge in [-0.05, 0) is 55.0 Å². The molecule has 2 heterocycles. The number of carbonyl (C=O) groups is 3. The van der Waals surface area contributed by atoms with Crippen molar-refractivity contribution in [1.82, 2.24) is 4.90 Å². The lowest BCUT2D eigenvalue weighted by atomic mass is 10.0. The molecule has 0 unspecified atom stereocenters. The molecule has 1 aliphatic rings. The minimum absolute atomic E-state index is 0.00871. The Morgan fingerprint density at radius 1 is 0.912 bits per heavy atom. The highest BCUT2D eigenvalue weighted by Crippen LogP contribution is 2.40. The van der Waals surface area contributed by atoms with Crippen molar-refractivity contribution in [2.75, 3.05) is 23.7 Å². The second-order valence-corrected chi connectivity index (χ2v) is 9.60. The maximum absolute atomic E-state index is 13.5. The fourth-order valence-corrected chi connectivity index (χ4v) is 5.47. The molecule has 0 spiro atoms. The van der Waals surface area contributed by atoms with E-state index >= 15 is 0 Å². The summed E-state index contributed by atoms with van der Waals surface area (Å²) in [5.74, 6) is -0.329. The zero-order valence-corrected chi connectivity index (χ0v) is 20.3. The van der Waals surface area contributed by atoms with E-state index in [0.717, 1.165) is 53.9 Å². The number of rotatable bonds is 6. The standard InChI is InChI=1S/C27H29N3O3S/c1-18-24(27(33)30-15-7-4-8-16-30)26(34-25(18)21-9-5-3-6-10-21)29-23(32)17-20-11-13-22(14-12-20)28-19(2)31/h3,5-6,9-14H,4,7-8,15-17H2,1-2H3,(H,28,31)(H,29,32). The lowest BCUT2D eigenvalue weighted by Crippen LogP contribution is -2.36. The van der Waals surface area contributed by atoms with Gasteiger partial charge in [-0.25, -0.2) is 0 Å². The summed E-state index contributed by atoms with van der Waals surface area (Å²) in [5.41, 5.74) is 4.05. The first-order chi connectivity index (χ1) is 16.4. The Kier molecular flexibility index (Phi) is 7.43. The third kappa shape index (κ3) is 5.54. The van der Waals surface area contributed by atoms with Crippen molar-refractivity contribution in [3.8, 4) is 10.4 Å². The third-order valence-corrected chi connectivity index (χ3v) is 7.19. The minimum Gasteiger partial charge on any atom is -0.339 e. The quantitative estimate of drug-likeness (QED) is 0.495. The first kappa shape index (κ1) is 23.7. The van der Waals surface area contributed by atoms with E-state index in [0.29, 0.717) is 16.3 Å². The van der Waals surface area contributed by atoms with Gasteiger partial charge in [0, 0.05) is 30.6 Å². The Labute approximate surface area is 204 Å². The van der Waals surface area contributed by atoms with Gasteiger partial charge in [0.05, 0.1) is 12.0 Å². The van der Waals surface area contributed by atoms with Gasteiger partial charge in [-0.1, -0.05) is 42.5 Å². The summed E-state index contributed by atoms with van der Waals surface area (Å²) < 4.78 is 0. The molecule has 4 rings (SSSR count). The smallest absolute Gasteiger partial charge is 0.257 e. The Morgan fingerprint density at radius 3 is 2.24 bits per heavy atom. The van der Waals surface area contributed by atoms with Crippen LogP contribution < -0.4 is 10.6 Å². The second kappa shape index (κ2) is 10.7. The van der Waals surface area contributed by atoms with Gasteiger partial charge in [0.2, 0.25) is 11.8 Å². The topological polar surface area (TPSA) is 78.5 Å². The highest BCUT2D eigenvalue weighted by atomic mass is 32.1. The highest BCUT2D eigenvalue weighted by molar-refractivity contribution is 7.20. The van der Waals surface area contributed by atoms with Crippen LogP contribution in [0.1, 0.15) is 47.7 Å². The number of nitrogens with zero attached hydrogens (tertiary/aromatic N) is 1. The Bertz CT molecular complexity index is 1180. The summed E-state index contributed by atoms with van der Waals surface area (Å²) in [7, 11) is 0. The van der Waals surface area contributed by atoms with Crippen molar-refractivity contribution >= 4 is 39.7 Å². The molecule has 2 aromatic carbocycles. The molecule has 0 atom stereocenters. The van der Waals surface area contributed by atoms with Crippen LogP contribution >= 0.6 is 11.3 Å². The Balaban J connectivity index is 1.58. The average molecular weight is 476 g/mol. The Morgan fingerprint density at radius 2 is 1.59 bits per heavy atom. The number of hydrogen-bond acceptors (Lipinski definition) is 4. The highest BCUT2D eigenvalue weighted by Gasteiger charge is 2.27. The number of piperidine rings is 1. The number of carbonyl (C=O) groups excluding carboxylic acids is 3. The lowest BCUT2D eigenvalue weighted by Gasteiger charge is -2.27. The molecule has 176 valence electrons. The zero-order valence-electron chi connectivity index (χ0n) is 19.5. The summed E-state index contributed by atoms with van der Waals surface area (Å²) in [6.07, 6.45) is 3.34. The first-order valence-corrected chi connectivity index (χ1v) is 12.4. The van der Waals surface area contributed by atoms with Crippen molar-refractivity contribution < 1.29 is 14.4 Å². The van der Waals surface area contributed by atoms with Crippen molar-refractivity contribution in [1.29, 1.82) is 0 Å². The maximum atomic E-state index is 13.5. The molecular weight excluding hydrogens is 446 g/mol. The van der Waals surface area contributed by atoms with Gasteiger partial charge in [0.25, 0.3) is 5.91 Å². The molecule has 0 bridgehead atoms. The number of thiophene rings is 1. The maximum Gasteiger partial charge on any atom is 0.257 e. The molecule has 6 nitrogen and oxygen atoms in total. The van der Waals surface area contributed by atoms with Crippen LogP contribution in [0, 0.1) is 6.92 Å². The predicted molar refractivity (Wildman–Crippen MR) is 137 cm³/mol. The van der Waals surface area contributed by atoms with E-state index in [1.807, 2.05) is 54.3 Å². The number of anilines is 2. The van der Waals surface area contributed by atoms with Gasteiger partial charge >= 0.3 is 0 Å². The number of hydrogen-bond donors (Lipinski definition) is 2. The molecular formula is C27H29N3O3S. The van der Waals surface area contributed by atoms with E-state index in [-0.39, 0.29) is 24.1 Å². The zero-order chi connectivity index (χ0) is 24.1. The first-order valence-electron chi connectivity index (χ1n) is 11.6. The number of nitrogens with one attached hydrogen (secondary N) is 2. The SMILES string of the molecule is CC(=O)Nc1ccc(CC(=O)Nc2sc(-c3ccccc3)c(C)c2C(=O)N2CCCCC2)cc1. The molecule has 0 saturated carbocycles. The van der Waals surface area contributed by atoms with Gasteiger partial charge in [-0.3, -0.25) is 14.4 Å². The molecule has 2 N–H and O–H groups in total. The van der Waals surface area contributed by atoms with Gasteiger partial charge in [0.15, 0.2) is 0 Å². The van der Waals surface area contributed by atoms with E-state index in [1.165, 1.54) is 18.3 Å². The lowest BCUT2D eigenvalue weighted by molar-refractivity contribution is -0.116. The van der Waals surface area contributed by atoms with Gasteiger partial charge < -0.3 is 15.5 Å². The molecule has 0 aliphatic carbocycles. The van der Waals surface area contributed by atoms with E-state index < -0.39 is 0 Å².